The largest absolute Gasteiger partial charge is 0.495 e. The molecule has 1 aliphatic heterocycles. The Labute approximate surface area is 221 Å². The van der Waals surface area contributed by atoms with E-state index in [1.807, 2.05) is 44.5 Å². The van der Waals surface area contributed by atoms with E-state index in [2.05, 4.69) is 30.1 Å². The summed E-state index contributed by atoms with van der Waals surface area (Å²) in [7, 11) is 5.09. The van der Waals surface area contributed by atoms with Gasteiger partial charge in [0.05, 0.1) is 35.4 Å². The number of amides is 1. The fourth-order valence-corrected chi connectivity index (χ4v) is 5.11. The summed E-state index contributed by atoms with van der Waals surface area (Å²) >= 11 is 6.01. The summed E-state index contributed by atoms with van der Waals surface area (Å²) in [5.41, 5.74) is 4.93. The van der Waals surface area contributed by atoms with Crippen molar-refractivity contribution in [3.63, 3.8) is 0 Å². The highest BCUT2D eigenvalue weighted by atomic mass is 35.5. The first-order valence-corrected chi connectivity index (χ1v) is 12.6. The molecule has 3 aromatic rings. The van der Waals surface area contributed by atoms with Crippen LogP contribution in [0.1, 0.15) is 47.7 Å². The van der Waals surface area contributed by atoms with Crippen LogP contribution >= 0.6 is 11.6 Å². The van der Waals surface area contributed by atoms with Crippen LogP contribution in [0.15, 0.2) is 65.8 Å². The van der Waals surface area contributed by atoms with Crippen molar-refractivity contribution >= 4 is 23.2 Å². The predicted molar refractivity (Wildman–Crippen MR) is 148 cm³/mol. The molecule has 1 atom stereocenters. The van der Waals surface area contributed by atoms with Crippen LogP contribution in [-0.2, 0) is 14.1 Å². The average molecular weight is 522 g/mol. The third kappa shape index (κ3) is 4.46. The number of allylic oxidation sites excluding steroid dienone is 3. The minimum Gasteiger partial charge on any atom is -0.495 e. The van der Waals surface area contributed by atoms with Gasteiger partial charge in [0.1, 0.15) is 11.8 Å². The first-order valence-electron chi connectivity index (χ1n) is 12.0. The number of pyridine rings is 1. The predicted octanol–water partition coefficient (Wildman–Crippen LogP) is 5.09. The lowest BCUT2D eigenvalue weighted by Crippen LogP contribution is -2.30. The maximum Gasteiger partial charge on any atom is 0.261 e. The monoisotopic (exact) mass is 521 g/mol. The molecule has 0 spiro atoms. The summed E-state index contributed by atoms with van der Waals surface area (Å²) in [4.78, 5) is 28.5. The first-order chi connectivity index (χ1) is 17.6. The van der Waals surface area contributed by atoms with Crippen molar-refractivity contribution in [3.05, 3.63) is 88.3 Å². The molecule has 0 saturated heterocycles. The van der Waals surface area contributed by atoms with E-state index in [4.69, 9.17) is 16.3 Å². The number of ether oxygens (including phenoxy) is 1. The highest BCUT2D eigenvalue weighted by molar-refractivity contribution is 6.19. The lowest BCUT2D eigenvalue weighted by atomic mass is 10.0. The van der Waals surface area contributed by atoms with Gasteiger partial charge in [0, 0.05) is 50.0 Å². The van der Waals surface area contributed by atoms with Crippen molar-refractivity contribution in [2.45, 2.75) is 32.9 Å². The number of fused-ring (bicyclic) bond motifs is 1. The number of hydrogen-bond acceptors (Lipinski definition) is 4. The SMILES string of the molecule is C=C/C=C(\C=C/CCl)C1c2c(cc(-c3cc(=O)n(C)cc3OC)n2C(C)C)C(=O)N1c1cn(C)nc1C. The van der Waals surface area contributed by atoms with Gasteiger partial charge in [0.25, 0.3) is 11.5 Å². The van der Waals surface area contributed by atoms with Gasteiger partial charge in [0.2, 0.25) is 0 Å². The molecule has 1 unspecified atom stereocenters. The molecule has 194 valence electrons. The average Bonchev–Trinajstić information content (AvgIpc) is 3.48. The number of carbonyl (C=O) groups excluding carboxylic acids is 1. The zero-order valence-electron chi connectivity index (χ0n) is 22.0. The Bertz CT molecular complexity index is 1490. The van der Waals surface area contributed by atoms with Crippen LogP contribution in [0.4, 0.5) is 5.69 Å². The number of aromatic nitrogens is 4. The molecular formula is C28H32ClN5O3. The lowest BCUT2D eigenvalue weighted by molar-refractivity contribution is 0.0993. The van der Waals surface area contributed by atoms with Crippen LogP contribution in [0.5, 0.6) is 5.75 Å². The zero-order chi connectivity index (χ0) is 27.0. The van der Waals surface area contributed by atoms with Crippen LogP contribution in [0, 0.1) is 6.92 Å². The second-order valence-electron chi connectivity index (χ2n) is 9.31. The van der Waals surface area contributed by atoms with Crippen LogP contribution in [0.2, 0.25) is 0 Å². The van der Waals surface area contributed by atoms with Gasteiger partial charge in [0.15, 0.2) is 0 Å². The van der Waals surface area contributed by atoms with Gasteiger partial charge < -0.3 is 13.9 Å². The number of aryl methyl sites for hydroxylation is 3. The molecule has 37 heavy (non-hydrogen) atoms. The van der Waals surface area contributed by atoms with Crippen molar-refractivity contribution in [1.82, 2.24) is 18.9 Å². The second kappa shape index (κ2) is 10.3. The van der Waals surface area contributed by atoms with Crippen LogP contribution < -0.4 is 15.2 Å². The summed E-state index contributed by atoms with van der Waals surface area (Å²) in [6, 6.07) is 2.93. The molecular weight excluding hydrogens is 490 g/mol. The maximum atomic E-state index is 14.1. The Morgan fingerprint density at radius 2 is 1.95 bits per heavy atom. The molecule has 0 N–H and O–H groups in total. The lowest BCUT2D eigenvalue weighted by Gasteiger charge is -2.29. The second-order valence-corrected chi connectivity index (χ2v) is 9.62. The van der Waals surface area contributed by atoms with Gasteiger partial charge in [-0.1, -0.05) is 30.9 Å². The molecule has 9 heteroatoms. The minimum absolute atomic E-state index is 0.0280. The quantitative estimate of drug-likeness (QED) is 0.305. The topological polar surface area (TPSA) is 74.3 Å². The molecule has 0 aliphatic carbocycles. The third-order valence-corrected chi connectivity index (χ3v) is 6.70. The van der Waals surface area contributed by atoms with Gasteiger partial charge in [-0.15, -0.1) is 11.6 Å². The third-order valence-electron chi connectivity index (χ3n) is 6.52. The molecule has 3 aromatic heterocycles. The molecule has 4 heterocycles. The Kier molecular flexibility index (Phi) is 7.32. The molecule has 0 aromatic carbocycles. The van der Waals surface area contributed by atoms with Crippen molar-refractivity contribution in [2.24, 2.45) is 14.1 Å². The highest BCUT2D eigenvalue weighted by Gasteiger charge is 2.44. The van der Waals surface area contributed by atoms with Gasteiger partial charge in [-0.3, -0.25) is 19.2 Å². The van der Waals surface area contributed by atoms with Crippen molar-refractivity contribution in [3.8, 4) is 17.0 Å². The number of methoxy groups -OCH3 is 1. The highest BCUT2D eigenvalue weighted by Crippen LogP contribution is 2.47. The Balaban J connectivity index is 2.07. The molecule has 8 nitrogen and oxygen atoms in total. The van der Waals surface area contributed by atoms with E-state index in [0.717, 1.165) is 28.3 Å². The first kappa shape index (κ1) is 26.3. The zero-order valence-corrected chi connectivity index (χ0v) is 22.8. The summed E-state index contributed by atoms with van der Waals surface area (Å²) in [5.74, 6) is 0.733. The minimum atomic E-state index is -0.462. The molecule has 0 bridgehead atoms. The molecule has 0 saturated carbocycles. The number of alkyl halides is 1. The summed E-state index contributed by atoms with van der Waals surface area (Å²) < 4.78 is 10.9. The molecule has 1 amide bonds. The summed E-state index contributed by atoms with van der Waals surface area (Å²) in [5, 5.41) is 4.49. The van der Waals surface area contributed by atoms with Crippen molar-refractivity contribution < 1.29 is 9.53 Å². The fourth-order valence-electron chi connectivity index (χ4n) is 5.03. The van der Waals surface area contributed by atoms with E-state index >= 15 is 0 Å². The van der Waals surface area contributed by atoms with E-state index in [0.29, 0.717) is 22.8 Å². The number of halogens is 1. The molecule has 1 aliphatic rings. The van der Waals surface area contributed by atoms with Gasteiger partial charge in [-0.2, -0.15) is 5.10 Å². The maximum absolute atomic E-state index is 14.1. The molecule has 4 rings (SSSR count). The van der Waals surface area contributed by atoms with E-state index in [1.54, 1.807) is 42.1 Å². The number of nitrogens with zero attached hydrogens (tertiary/aromatic N) is 5. The van der Waals surface area contributed by atoms with Crippen LogP contribution in [0.25, 0.3) is 11.3 Å². The number of rotatable bonds is 8. The summed E-state index contributed by atoms with van der Waals surface area (Å²) in [6.45, 7) is 9.91. The number of anilines is 1. The van der Waals surface area contributed by atoms with E-state index in [-0.39, 0.29) is 17.5 Å². The van der Waals surface area contributed by atoms with E-state index in [9.17, 15) is 9.59 Å². The van der Waals surface area contributed by atoms with Crippen molar-refractivity contribution in [1.29, 1.82) is 0 Å². The number of hydrogen-bond donors (Lipinski definition) is 0. The van der Waals surface area contributed by atoms with Gasteiger partial charge in [-0.05, 0) is 32.4 Å². The van der Waals surface area contributed by atoms with Crippen molar-refractivity contribution in [2.75, 3.05) is 17.9 Å². The van der Waals surface area contributed by atoms with Gasteiger partial charge >= 0.3 is 0 Å². The van der Waals surface area contributed by atoms with Gasteiger partial charge in [-0.25, -0.2) is 0 Å². The Morgan fingerprint density at radius 3 is 2.51 bits per heavy atom. The van der Waals surface area contributed by atoms with E-state index in [1.165, 1.54) is 4.57 Å². The van der Waals surface area contributed by atoms with Crippen LogP contribution in [-0.4, -0.2) is 37.8 Å². The Morgan fingerprint density at radius 1 is 1.22 bits per heavy atom. The standard InChI is InChI=1S/C28H32ClN5O3/c1-8-10-19(11-9-12-29)26-27-21(28(36)34(26)23-15-32(6)30-18(23)4)13-22(33(27)17(2)3)20-14-25(35)31(5)16-24(20)37-7/h8-11,13-17,26H,1,12H2,2-7H3/b11-9-,19-10+. The van der Waals surface area contributed by atoms with Crippen LogP contribution in [0.3, 0.4) is 0 Å². The molecule has 0 radical (unpaired) electrons. The molecule has 0 fully saturated rings. The number of carbonyl (C=O) groups is 1. The fraction of sp³-hybridized carbons (Fsp3) is 0.321. The normalized spacial score (nSPS) is 15.8. The smallest absolute Gasteiger partial charge is 0.261 e. The summed E-state index contributed by atoms with van der Waals surface area (Å²) in [6.07, 6.45) is 10.9. The Hall–Kier alpha value is -3.78. The van der Waals surface area contributed by atoms with E-state index < -0.39 is 6.04 Å².